The van der Waals surface area contributed by atoms with Gasteiger partial charge < -0.3 is 21.1 Å². The fourth-order valence-electron chi connectivity index (χ4n) is 2.07. The zero-order valence-corrected chi connectivity index (χ0v) is 11.4. The first kappa shape index (κ1) is 14.3. The molecule has 1 aliphatic heterocycles. The molecule has 0 radical (unpaired) electrons. The standard InChI is InChI=1S/C14H19N3O3/c1-9(16-6-2-3-13(15)18)10-4-5-12-11(7-10)17-14(19)8-20-12/h4-5,7,9,16H,2-3,6,8H2,1H3,(H2,15,18)(H,17,19). The van der Waals surface area contributed by atoms with Gasteiger partial charge in [-0.05, 0) is 37.6 Å². The number of ether oxygens (including phenoxy) is 1. The highest BCUT2D eigenvalue weighted by atomic mass is 16.5. The summed E-state index contributed by atoms with van der Waals surface area (Å²) < 4.78 is 5.31. The van der Waals surface area contributed by atoms with Gasteiger partial charge in [0.2, 0.25) is 5.91 Å². The first-order chi connectivity index (χ1) is 9.56. The van der Waals surface area contributed by atoms with Gasteiger partial charge in [0.15, 0.2) is 6.61 Å². The fraction of sp³-hybridized carbons (Fsp3) is 0.429. The molecule has 0 saturated carbocycles. The molecule has 1 unspecified atom stereocenters. The third kappa shape index (κ3) is 3.71. The average molecular weight is 277 g/mol. The summed E-state index contributed by atoms with van der Waals surface area (Å²) in [5.41, 5.74) is 6.84. The van der Waals surface area contributed by atoms with Crippen molar-refractivity contribution >= 4 is 17.5 Å². The highest BCUT2D eigenvalue weighted by Crippen LogP contribution is 2.30. The Morgan fingerprint density at radius 2 is 2.35 bits per heavy atom. The molecule has 4 N–H and O–H groups in total. The van der Waals surface area contributed by atoms with Crippen molar-refractivity contribution in [1.82, 2.24) is 5.32 Å². The van der Waals surface area contributed by atoms with Crippen LogP contribution in [-0.4, -0.2) is 25.0 Å². The second-order valence-electron chi connectivity index (χ2n) is 4.84. The molecular formula is C14H19N3O3. The Bertz CT molecular complexity index is 516. The van der Waals surface area contributed by atoms with E-state index in [9.17, 15) is 9.59 Å². The van der Waals surface area contributed by atoms with Crippen LogP contribution in [0, 0.1) is 0 Å². The van der Waals surface area contributed by atoms with Gasteiger partial charge in [0.1, 0.15) is 5.75 Å². The molecule has 1 aromatic carbocycles. The highest BCUT2D eigenvalue weighted by molar-refractivity contribution is 5.95. The maximum Gasteiger partial charge on any atom is 0.262 e. The molecule has 0 aromatic heterocycles. The Balaban J connectivity index is 1.93. The normalized spacial score (nSPS) is 14.9. The van der Waals surface area contributed by atoms with Gasteiger partial charge in [0, 0.05) is 12.5 Å². The molecule has 0 bridgehead atoms. The van der Waals surface area contributed by atoms with Crippen molar-refractivity contribution in [3.63, 3.8) is 0 Å². The van der Waals surface area contributed by atoms with E-state index in [1.54, 1.807) is 0 Å². The molecule has 6 nitrogen and oxygen atoms in total. The van der Waals surface area contributed by atoms with Crippen molar-refractivity contribution in [2.45, 2.75) is 25.8 Å². The summed E-state index contributed by atoms with van der Waals surface area (Å²) in [5.74, 6) is 0.263. The smallest absolute Gasteiger partial charge is 0.262 e. The largest absolute Gasteiger partial charge is 0.482 e. The number of nitrogens with one attached hydrogen (secondary N) is 2. The summed E-state index contributed by atoms with van der Waals surface area (Å²) in [6.45, 7) is 2.80. The number of primary amides is 1. The minimum atomic E-state index is -0.284. The van der Waals surface area contributed by atoms with E-state index in [0.29, 0.717) is 30.8 Å². The molecule has 1 aliphatic rings. The van der Waals surface area contributed by atoms with Gasteiger partial charge in [-0.15, -0.1) is 0 Å². The lowest BCUT2D eigenvalue weighted by molar-refractivity contribution is -0.119. The Morgan fingerprint density at radius 1 is 1.55 bits per heavy atom. The lowest BCUT2D eigenvalue weighted by Crippen LogP contribution is -2.26. The maximum absolute atomic E-state index is 11.3. The predicted molar refractivity (Wildman–Crippen MR) is 75.4 cm³/mol. The predicted octanol–water partition coefficient (Wildman–Crippen LogP) is 0.934. The van der Waals surface area contributed by atoms with Crippen molar-refractivity contribution in [3.05, 3.63) is 23.8 Å². The van der Waals surface area contributed by atoms with Gasteiger partial charge >= 0.3 is 0 Å². The molecule has 2 amide bonds. The first-order valence-electron chi connectivity index (χ1n) is 6.64. The van der Waals surface area contributed by atoms with Crippen LogP contribution in [0.2, 0.25) is 0 Å². The molecule has 1 aromatic rings. The van der Waals surface area contributed by atoms with Crippen LogP contribution in [0.15, 0.2) is 18.2 Å². The minimum absolute atomic E-state index is 0.0628. The van der Waals surface area contributed by atoms with Crippen LogP contribution in [0.3, 0.4) is 0 Å². The second-order valence-corrected chi connectivity index (χ2v) is 4.84. The molecule has 20 heavy (non-hydrogen) atoms. The van der Waals surface area contributed by atoms with E-state index < -0.39 is 0 Å². The fourth-order valence-corrected chi connectivity index (χ4v) is 2.07. The van der Waals surface area contributed by atoms with Gasteiger partial charge in [0.25, 0.3) is 5.91 Å². The Kier molecular flexibility index (Phi) is 4.57. The molecule has 108 valence electrons. The summed E-state index contributed by atoms with van der Waals surface area (Å²) in [7, 11) is 0. The minimum Gasteiger partial charge on any atom is -0.482 e. The molecule has 0 spiro atoms. The Morgan fingerprint density at radius 3 is 3.10 bits per heavy atom. The Labute approximate surface area is 117 Å². The number of benzene rings is 1. The van der Waals surface area contributed by atoms with Crippen LogP contribution in [-0.2, 0) is 9.59 Å². The zero-order chi connectivity index (χ0) is 14.5. The number of rotatable bonds is 6. The van der Waals surface area contributed by atoms with E-state index in [1.807, 2.05) is 25.1 Å². The zero-order valence-electron chi connectivity index (χ0n) is 11.4. The third-order valence-corrected chi connectivity index (χ3v) is 3.19. The van der Waals surface area contributed by atoms with Crippen LogP contribution in [0.5, 0.6) is 5.75 Å². The van der Waals surface area contributed by atoms with Crippen molar-refractivity contribution in [1.29, 1.82) is 0 Å². The van der Waals surface area contributed by atoms with E-state index in [0.717, 1.165) is 5.56 Å². The summed E-state index contributed by atoms with van der Waals surface area (Å²) in [6, 6.07) is 5.83. The van der Waals surface area contributed by atoms with Crippen molar-refractivity contribution < 1.29 is 14.3 Å². The van der Waals surface area contributed by atoms with Crippen molar-refractivity contribution in [3.8, 4) is 5.75 Å². The van der Waals surface area contributed by atoms with Crippen molar-refractivity contribution in [2.75, 3.05) is 18.5 Å². The highest BCUT2D eigenvalue weighted by Gasteiger charge is 2.17. The molecule has 1 atom stereocenters. The second kappa shape index (κ2) is 6.38. The lowest BCUT2D eigenvalue weighted by atomic mass is 10.1. The molecule has 0 aliphatic carbocycles. The van der Waals surface area contributed by atoms with E-state index in [-0.39, 0.29) is 24.5 Å². The summed E-state index contributed by atoms with van der Waals surface area (Å²) in [6.07, 6.45) is 1.10. The molecule has 0 fully saturated rings. The van der Waals surface area contributed by atoms with E-state index in [1.165, 1.54) is 0 Å². The number of anilines is 1. The quantitative estimate of drug-likeness (QED) is 0.674. The lowest BCUT2D eigenvalue weighted by Gasteiger charge is -2.21. The number of carbonyl (C=O) groups is 2. The summed E-state index contributed by atoms with van der Waals surface area (Å²) in [4.78, 5) is 21.9. The van der Waals surface area contributed by atoms with Crippen LogP contribution >= 0.6 is 0 Å². The van der Waals surface area contributed by atoms with E-state index in [2.05, 4.69) is 10.6 Å². The number of fused-ring (bicyclic) bond motifs is 1. The van der Waals surface area contributed by atoms with Crippen molar-refractivity contribution in [2.24, 2.45) is 5.73 Å². The number of nitrogens with two attached hydrogens (primary N) is 1. The molecule has 2 rings (SSSR count). The number of carbonyl (C=O) groups excluding carboxylic acids is 2. The number of hydrogen-bond acceptors (Lipinski definition) is 4. The SMILES string of the molecule is CC(NCCCC(N)=O)c1ccc2c(c1)NC(=O)CO2. The molecule has 0 saturated heterocycles. The summed E-state index contributed by atoms with van der Waals surface area (Å²) >= 11 is 0. The Hall–Kier alpha value is -2.08. The van der Waals surface area contributed by atoms with E-state index >= 15 is 0 Å². The van der Waals surface area contributed by atoms with Gasteiger partial charge in [-0.3, -0.25) is 9.59 Å². The van der Waals surface area contributed by atoms with Gasteiger partial charge in [-0.25, -0.2) is 0 Å². The number of amides is 2. The average Bonchev–Trinajstić information content (AvgIpc) is 2.42. The third-order valence-electron chi connectivity index (χ3n) is 3.19. The monoisotopic (exact) mass is 277 g/mol. The topological polar surface area (TPSA) is 93.5 Å². The summed E-state index contributed by atoms with van der Waals surface area (Å²) in [5, 5.41) is 6.10. The van der Waals surface area contributed by atoms with Crippen LogP contribution < -0.4 is 21.1 Å². The molecular weight excluding hydrogens is 258 g/mol. The van der Waals surface area contributed by atoms with Gasteiger partial charge in [-0.2, -0.15) is 0 Å². The molecule has 1 heterocycles. The van der Waals surface area contributed by atoms with Crippen LogP contribution in [0.4, 0.5) is 5.69 Å². The first-order valence-corrected chi connectivity index (χ1v) is 6.64. The van der Waals surface area contributed by atoms with Gasteiger partial charge in [0.05, 0.1) is 5.69 Å². The molecule has 6 heteroatoms. The van der Waals surface area contributed by atoms with E-state index in [4.69, 9.17) is 10.5 Å². The maximum atomic E-state index is 11.3. The van der Waals surface area contributed by atoms with Gasteiger partial charge in [-0.1, -0.05) is 6.07 Å². The van der Waals surface area contributed by atoms with Crippen LogP contribution in [0.1, 0.15) is 31.4 Å². The number of hydrogen-bond donors (Lipinski definition) is 3. The van der Waals surface area contributed by atoms with Crippen LogP contribution in [0.25, 0.3) is 0 Å².